The number of carbonyl (C=O) groups excluding carboxylic acids is 1. The van der Waals surface area contributed by atoms with Gasteiger partial charge in [0.1, 0.15) is 5.78 Å². The Morgan fingerprint density at radius 1 is 1.44 bits per heavy atom. The van der Waals surface area contributed by atoms with E-state index < -0.39 is 5.51 Å². The zero-order valence-electron chi connectivity index (χ0n) is 8.27. The van der Waals surface area contributed by atoms with Gasteiger partial charge in [0.15, 0.2) is 0 Å². The molecule has 0 saturated heterocycles. The van der Waals surface area contributed by atoms with Crippen LogP contribution in [0.3, 0.4) is 0 Å². The largest absolute Gasteiger partial charge is 0.446 e. The number of rotatable bonds is 3. The number of alkyl halides is 3. The lowest BCUT2D eigenvalue weighted by Crippen LogP contribution is -2.01. The van der Waals surface area contributed by atoms with Gasteiger partial charge in [-0.25, -0.2) is 0 Å². The number of carbonyl (C=O) groups is 1. The number of ketones is 1. The van der Waals surface area contributed by atoms with Crippen molar-refractivity contribution in [1.29, 1.82) is 0 Å². The van der Waals surface area contributed by atoms with Gasteiger partial charge in [0, 0.05) is 15.8 Å². The Hall–Kier alpha value is -0.490. The van der Waals surface area contributed by atoms with Gasteiger partial charge in [0.2, 0.25) is 0 Å². The zero-order chi connectivity index (χ0) is 12.3. The smallest absolute Gasteiger partial charge is 0.300 e. The molecule has 1 aromatic rings. The summed E-state index contributed by atoms with van der Waals surface area (Å²) >= 11 is 2.85. The van der Waals surface area contributed by atoms with Crippen molar-refractivity contribution in [1.82, 2.24) is 0 Å². The molecule has 0 aliphatic rings. The second kappa shape index (κ2) is 5.23. The van der Waals surface area contributed by atoms with E-state index >= 15 is 0 Å². The average molecular weight is 313 g/mol. The molecule has 1 nitrogen and oxygen atoms in total. The van der Waals surface area contributed by atoms with Crippen molar-refractivity contribution in [2.75, 3.05) is 0 Å². The summed E-state index contributed by atoms with van der Waals surface area (Å²) in [5, 5.41) is 0. The van der Waals surface area contributed by atoms with E-state index in [-0.39, 0.29) is 28.9 Å². The van der Waals surface area contributed by atoms with Crippen LogP contribution in [-0.4, -0.2) is 11.3 Å². The molecule has 0 fully saturated rings. The monoisotopic (exact) mass is 312 g/mol. The Balaban J connectivity index is 2.95. The Morgan fingerprint density at radius 3 is 2.56 bits per heavy atom. The molecule has 6 heteroatoms. The number of Topliss-reactive ketones (excluding diaryl/α,β-unsaturated/α-hetero) is 1. The van der Waals surface area contributed by atoms with Crippen LogP contribution < -0.4 is 0 Å². The summed E-state index contributed by atoms with van der Waals surface area (Å²) < 4.78 is 36.9. The van der Waals surface area contributed by atoms with Crippen LogP contribution in [0.15, 0.2) is 27.6 Å². The first-order valence-electron chi connectivity index (χ1n) is 4.31. The maximum absolute atomic E-state index is 12.2. The maximum Gasteiger partial charge on any atom is 0.446 e. The van der Waals surface area contributed by atoms with Gasteiger partial charge in [-0.1, -0.05) is 6.07 Å². The predicted molar refractivity (Wildman–Crippen MR) is 60.4 cm³/mol. The van der Waals surface area contributed by atoms with Crippen molar-refractivity contribution >= 4 is 33.5 Å². The van der Waals surface area contributed by atoms with Crippen LogP contribution in [0.1, 0.15) is 12.5 Å². The first-order chi connectivity index (χ1) is 7.28. The van der Waals surface area contributed by atoms with Crippen molar-refractivity contribution in [2.24, 2.45) is 0 Å². The molecule has 16 heavy (non-hydrogen) atoms. The second-order valence-corrected chi connectivity index (χ2v) is 5.15. The molecule has 0 bridgehead atoms. The summed E-state index contributed by atoms with van der Waals surface area (Å²) in [6.45, 7) is 1.40. The Bertz CT molecular complexity index is 404. The summed E-state index contributed by atoms with van der Waals surface area (Å²) in [5.41, 5.74) is -3.74. The topological polar surface area (TPSA) is 17.1 Å². The highest BCUT2D eigenvalue weighted by atomic mass is 79.9. The van der Waals surface area contributed by atoms with Gasteiger partial charge in [-0.2, -0.15) is 13.2 Å². The standard InChI is InChI=1S/C10H8BrF3OS/c1-6(15)4-7-2-3-8(11)9(5-7)16-10(12,13)14/h2-3,5H,4H2,1H3. The van der Waals surface area contributed by atoms with Gasteiger partial charge >= 0.3 is 5.51 Å². The molecular formula is C10H8BrF3OS. The van der Waals surface area contributed by atoms with Gasteiger partial charge in [-0.15, -0.1) is 0 Å². The molecule has 0 aromatic heterocycles. The zero-order valence-corrected chi connectivity index (χ0v) is 10.7. The Kier molecular flexibility index (Phi) is 4.43. The minimum absolute atomic E-state index is 0.0752. The van der Waals surface area contributed by atoms with Crippen LogP contribution in [0.4, 0.5) is 13.2 Å². The van der Waals surface area contributed by atoms with E-state index in [2.05, 4.69) is 15.9 Å². The van der Waals surface area contributed by atoms with Gasteiger partial charge in [0.05, 0.1) is 0 Å². The Morgan fingerprint density at radius 2 is 2.06 bits per heavy atom. The normalized spacial score (nSPS) is 11.6. The van der Waals surface area contributed by atoms with E-state index in [1.165, 1.54) is 19.1 Å². The van der Waals surface area contributed by atoms with Gasteiger partial charge in [-0.3, -0.25) is 4.79 Å². The third-order valence-electron chi connectivity index (χ3n) is 1.67. The minimum atomic E-state index is -4.32. The molecule has 1 aromatic carbocycles. The van der Waals surface area contributed by atoms with E-state index in [0.717, 1.165) is 0 Å². The third-order valence-corrected chi connectivity index (χ3v) is 3.42. The fourth-order valence-corrected chi connectivity index (χ4v) is 2.26. The van der Waals surface area contributed by atoms with Crippen LogP contribution >= 0.6 is 27.7 Å². The van der Waals surface area contributed by atoms with Crippen molar-refractivity contribution in [3.63, 3.8) is 0 Å². The summed E-state index contributed by atoms with van der Waals surface area (Å²) in [5.74, 6) is -0.0784. The molecule has 0 aliphatic heterocycles. The van der Waals surface area contributed by atoms with Crippen LogP contribution in [0.2, 0.25) is 0 Å². The molecule has 0 unspecified atom stereocenters. The van der Waals surface area contributed by atoms with Crippen molar-refractivity contribution in [3.05, 3.63) is 28.2 Å². The molecule has 0 amide bonds. The molecule has 0 saturated carbocycles. The number of hydrogen-bond donors (Lipinski definition) is 0. The first-order valence-corrected chi connectivity index (χ1v) is 5.92. The van der Waals surface area contributed by atoms with Gasteiger partial charge in [-0.05, 0) is 52.3 Å². The molecule has 0 atom stereocenters. The molecular weight excluding hydrogens is 305 g/mol. The summed E-state index contributed by atoms with van der Waals surface area (Å²) in [6, 6.07) is 4.53. The molecule has 0 N–H and O–H groups in total. The Labute approximate surface area is 104 Å². The van der Waals surface area contributed by atoms with E-state index in [4.69, 9.17) is 0 Å². The average Bonchev–Trinajstić information content (AvgIpc) is 2.07. The number of thioether (sulfide) groups is 1. The summed E-state index contributed by atoms with van der Waals surface area (Å²) in [6.07, 6.45) is 0.151. The highest BCUT2D eigenvalue weighted by molar-refractivity contribution is 9.10. The lowest BCUT2D eigenvalue weighted by Gasteiger charge is -2.09. The van der Waals surface area contributed by atoms with E-state index in [0.29, 0.717) is 10.0 Å². The highest BCUT2D eigenvalue weighted by Crippen LogP contribution is 2.40. The molecule has 0 radical (unpaired) electrons. The number of hydrogen-bond acceptors (Lipinski definition) is 2. The quantitative estimate of drug-likeness (QED) is 0.778. The van der Waals surface area contributed by atoms with Crippen LogP contribution in [0.25, 0.3) is 0 Å². The van der Waals surface area contributed by atoms with Crippen molar-refractivity contribution < 1.29 is 18.0 Å². The summed E-state index contributed by atoms with van der Waals surface area (Å²) in [4.78, 5) is 10.9. The lowest BCUT2D eigenvalue weighted by atomic mass is 10.1. The highest BCUT2D eigenvalue weighted by Gasteiger charge is 2.30. The van der Waals surface area contributed by atoms with E-state index in [9.17, 15) is 18.0 Å². The second-order valence-electron chi connectivity index (χ2n) is 3.19. The lowest BCUT2D eigenvalue weighted by molar-refractivity contribution is -0.116. The molecule has 88 valence electrons. The van der Waals surface area contributed by atoms with Crippen LogP contribution in [-0.2, 0) is 11.2 Å². The van der Waals surface area contributed by atoms with Crippen LogP contribution in [0.5, 0.6) is 0 Å². The van der Waals surface area contributed by atoms with Crippen molar-refractivity contribution in [2.45, 2.75) is 23.7 Å². The molecule has 0 heterocycles. The number of benzene rings is 1. The van der Waals surface area contributed by atoms with Gasteiger partial charge < -0.3 is 0 Å². The SMILES string of the molecule is CC(=O)Cc1ccc(Br)c(SC(F)(F)F)c1. The van der Waals surface area contributed by atoms with Crippen molar-refractivity contribution in [3.8, 4) is 0 Å². The molecule has 1 rings (SSSR count). The third kappa shape index (κ3) is 4.57. The molecule has 0 spiro atoms. The van der Waals surface area contributed by atoms with Crippen LogP contribution in [0, 0.1) is 0 Å². The van der Waals surface area contributed by atoms with E-state index in [1.54, 1.807) is 6.07 Å². The fraction of sp³-hybridized carbons (Fsp3) is 0.300. The number of halogens is 4. The van der Waals surface area contributed by atoms with E-state index in [1.807, 2.05) is 0 Å². The first kappa shape index (κ1) is 13.6. The van der Waals surface area contributed by atoms with Gasteiger partial charge in [0.25, 0.3) is 0 Å². The molecule has 0 aliphatic carbocycles. The maximum atomic E-state index is 12.2. The predicted octanol–water partition coefficient (Wildman–Crippen LogP) is 4.19. The minimum Gasteiger partial charge on any atom is -0.300 e. The fourth-order valence-electron chi connectivity index (χ4n) is 1.15. The summed E-state index contributed by atoms with van der Waals surface area (Å²) in [7, 11) is 0.